The standard InChI is InChI=1S/C12H16N4O3S/c13-14-10-8-9(2-3-11(10)16(18)19)12(17)15-4-1-6-20-7-5-15/h2-3,8,14H,1,4-7,13H2. The number of anilines is 1. The molecule has 108 valence electrons. The number of rotatable bonds is 3. The predicted molar refractivity (Wildman–Crippen MR) is 78.8 cm³/mol. The van der Waals surface area contributed by atoms with Crippen molar-refractivity contribution in [1.29, 1.82) is 0 Å². The number of nitrogens with two attached hydrogens (primary N) is 1. The van der Waals surface area contributed by atoms with Crippen molar-refractivity contribution in [3.63, 3.8) is 0 Å². The summed E-state index contributed by atoms with van der Waals surface area (Å²) in [6.45, 7) is 1.42. The fourth-order valence-electron chi connectivity index (χ4n) is 2.08. The van der Waals surface area contributed by atoms with Gasteiger partial charge in [0.1, 0.15) is 5.69 Å². The molecule has 1 aliphatic heterocycles. The van der Waals surface area contributed by atoms with Gasteiger partial charge in [0.2, 0.25) is 0 Å². The van der Waals surface area contributed by atoms with Crippen LogP contribution in [0, 0.1) is 10.1 Å². The van der Waals surface area contributed by atoms with Crippen LogP contribution in [0.4, 0.5) is 11.4 Å². The van der Waals surface area contributed by atoms with Crippen LogP contribution < -0.4 is 11.3 Å². The van der Waals surface area contributed by atoms with E-state index in [1.807, 2.05) is 11.8 Å². The number of nitrogen functional groups attached to an aromatic ring is 1. The fourth-order valence-corrected chi connectivity index (χ4v) is 2.96. The second-order valence-electron chi connectivity index (χ2n) is 4.39. The Kier molecular flexibility index (Phi) is 4.80. The number of nitrogens with one attached hydrogen (secondary N) is 1. The Hall–Kier alpha value is -1.80. The van der Waals surface area contributed by atoms with E-state index in [1.165, 1.54) is 18.2 Å². The van der Waals surface area contributed by atoms with Gasteiger partial charge in [0.05, 0.1) is 4.92 Å². The molecule has 0 unspecified atom stereocenters. The minimum Gasteiger partial charge on any atom is -0.338 e. The van der Waals surface area contributed by atoms with Crippen LogP contribution in [0.1, 0.15) is 16.8 Å². The molecule has 0 bridgehead atoms. The van der Waals surface area contributed by atoms with Crippen LogP contribution in [-0.4, -0.2) is 40.3 Å². The van der Waals surface area contributed by atoms with Crippen LogP contribution in [-0.2, 0) is 0 Å². The summed E-state index contributed by atoms with van der Waals surface area (Å²) in [6, 6.07) is 4.20. The summed E-state index contributed by atoms with van der Waals surface area (Å²) in [5, 5.41) is 10.8. The van der Waals surface area contributed by atoms with E-state index < -0.39 is 4.92 Å². The summed E-state index contributed by atoms with van der Waals surface area (Å²) in [5.74, 6) is 7.14. The Balaban J connectivity index is 2.23. The van der Waals surface area contributed by atoms with Crippen LogP contribution in [0.2, 0.25) is 0 Å². The molecule has 1 aliphatic rings. The molecule has 0 aromatic heterocycles. The first-order valence-electron chi connectivity index (χ1n) is 6.25. The molecule has 0 aliphatic carbocycles. The Morgan fingerprint density at radius 2 is 2.20 bits per heavy atom. The highest BCUT2D eigenvalue weighted by molar-refractivity contribution is 7.99. The monoisotopic (exact) mass is 296 g/mol. The number of hydrazine groups is 1. The molecular weight excluding hydrogens is 280 g/mol. The number of carbonyl (C=O) groups excluding carboxylic acids is 1. The summed E-state index contributed by atoms with van der Waals surface area (Å²) in [5.41, 5.74) is 2.68. The molecule has 0 radical (unpaired) electrons. The van der Waals surface area contributed by atoms with Crippen molar-refractivity contribution >= 4 is 29.0 Å². The van der Waals surface area contributed by atoms with Crippen LogP contribution in [0.15, 0.2) is 18.2 Å². The topological polar surface area (TPSA) is 102 Å². The van der Waals surface area contributed by atoms with E-state index in [4.69, 9.17) is 5.84 Å². The van der Waals surface area contributed by atoms with Gasteiger partial charge in [-0.15, -0.1) is 0 Å². The lowest BCUT2D eigenvalue weighted by atomic mass is 10.1. The molecule has 1 aromatic carbocycles. The van der Waals surface area contributed by atoms with Gasteiger partial charge in [-0.2, -0.15) is 11.8 Å². The number of benzene rings is 1. The van der Waals surface area contributed by atoms with Gasteiger partial charge in [0, 0.05) is 30.5 Å². The first-order chi connectivity index (χ1) is 9.63. The molecule has 1 amide bonds. The molecule has 1 fully saturated rings. The summed E-state index contributed by atoms with van der Waals surface area (Å²) in [7, 11) is 0. The van der Waals surface area contributed by atoms with E-state index in [-0.39, 0.29) is 17.3 Å². The molecule has 1 heterocycles. The number of hydrogen-bond donors (Lipinski definition) is 2. The third kappa shape index (κ3) is 3.20. The minimum absolute atomic E-state index is 0.112. The normalized spacial score (nSPS) is 15.6. The molecule has 1 aromatic rings. The number of nitro benzene ring substituents is 1. The third-order valence-electron chi connectivity index (χ3n) is 3.11. The van der Waals surface area contributed by atoms with E-state index in [2.05, 4.69) is 5.43 Å². The maximum atomic E-state index is 12.4. The average Bonchev–Trinajstić information content (AvgIpc) is 2.74. The van der Waals surface area contributed by atoms with Crippen molar-refractivity contribution < 1.29 is 9.72 Å². The van der Waals surface area contributed by atoms with Gasteiger partial charge in [0.25, 0.3) is 11.6 Å². The number of carbonyl (C=O) groups is 1. The van der Waals surface area contributed by atoms with Gasteiger partial charge < -0.3 is 10.3 Å². The lowest BCUT2D eigenvalue weighted by molar-refractivity contribution is -0.384. The van der Waals surface area contributed by atoms with Gasteiger partial charge in [0.15, 0.2) is 0 Å². The number of hydrogen-bond acceptors (Lipinski definition) is 6. The maximum Gasteiger partial charge on any atom is 0.293 e. The smallest absolute Gasteiger partial charge is 0.293 e. The SMILES string of the molecule is NNc1cc(C(=O)N2CCCSCC2)ccc1[N+](=O)[O-]. The van der Waals surface area contributed by atoms with E-state index in [0.717, 1.165) is 17.9 Å². The molecule has 2 rings (SSSR count). The Bertz CT molecular complexity index is 515. The Labute approximate surface area is 120 Å². The van der Waals surface area contributed by atoms with Crippen molar-refractivity contribution in [2.75, 3.05) is 30.0 Å². The van der Waals surface area contributed by atoms with Crippen molar-refractivity contribution in [3.05, 3.63) is 33.9 Å². The van der Waals surface area contributed by atoms with Crippen LogP contribution in [0.25, 0.3) is 0 Å². The number of nitro groups is 1. The molecular formula is C12H16N4O3S. The van der Waals surface area contributed by atoms with E-state index in [0.29, 0.717) is 18.7 Å². The van der Waals surface area contributed by atoms with Gasteiger partial charge in [-0.05, 0) is 24.3 Å². The summed E-state index contributed by atoms with van der Waals surface area (Å²) >= 11 is 1.83. The maximum absolute atomic E-state index is 12.4. The lowest BCUT2D eigenvalue weighted by Gasteiger charge is -2.20. The third-order valence-corrected chi connectivity index (χ3v) is 4.15. The molecule has 20 heavy (non-hydrogen) atoms. The van der Waals surface area contributed by atoms with Gasteiger partial charge >= 0.3 is 0 Å². The van der Waals surface area contributed by atoms with Crippen molar-refractivity contribution in [2.24, 2.45) is 5.84 Å². The van der Waals surface area contributed by atoms with Crippen LogP contribution in [0.3, 0.4) is 0 Å². The van der Waals surface area contributed by atoms with Gasteiger partial charge in [-0.25, -0.2) is 0 Å². The highest BCUT2D eigenvalue weighted by Crippen LogP contribution is 2.25. The molecule has 8 heteroatoms. The van der Waals surface area contributed by atoms with Crippen molar-refractivity contribution in [1.82, 2.24) is 4.90 Å². The predicted octanol–water partition coefficient (Wildman–Crippen LogP) is 1.46. The van der Waals surface area contributed by atoms with Gasteiger partial charge in [-0.3, -0.25) is 20.8 Å². The van der Waals surface area contributed by atoms with Crippen molar-refractivity contribution in [3.8, 4) is 0 Å². The van der Waals surface area contributed by atoms with Crippen molar-refractivity contribution in [2.45, 2.75) is 6.42 Å². The molecule has 0 spiro atoms. The second-order valence-corrected chi connectivity index (χ2v) is 5.62. The van der Waals surface area contributed by atoms with Crippen LogP contribution in [0.5, 0.6) is 0 Å². The van der Waals surface area contributed by atoms with Gasteiger partial charge in [-0.1, -0.05) is 0 Å². The first kappa shape index (κ1) is 14.6. The highest BCUT2D eigenvalue weighted by Gasteiger charge is 2.20. The quantitative estimate of drug-likeness (QED) is 0.497. The summed E-state index contributed by atoms with van der Waals surface area (Å²) in [4.78, 5) is 24.4. The Morgan fingerprint density at radius 3 is 2.90 bits per heavy atom. The lowest BCUT2D eigenvalue weighted by Crippen LogP contribution is -2.33. The number of nitrogens with zero attached hydrogens (tertiary/aromatic N) is 2. The number of amides is 1. The fraction of sp³-hybridized carbons (Fsp3) is 0.417. The van der Waals surface area contributed by atoms with E-state index in [1.54, 1.807) is 4.90 Å². The Morgan fingerprint density at radius 1 is 1.40 bits per heavy atom. The van der Waals surface area contributed by atoms with E-state index >= 15 is 0 Å². The molecule has 1 saturated heterocycles. The first-order valence-corrected chi connectivity index (χ1v) is 7.41. The highest BCUT2D eigenvalue weighted by atomic mass is 32.2. The minimum atomic E-state index is -0.536. The summed E-state index contributed by atoms with van der Waals surface area (Å²) < 4.78 is 0. The zero-order valence-corrected chi connectivity index (χ0v) is 11.7. The average molecular weight is 296 g/mol. The largest absolute Gasteiger partial charge is 0.338 e. The molecule has 0 saturated carbocycles. The summed E-state index contributed by atoms with van der Waals surface area (Å²) in [6.07, 6.45) is 0.964. The molecule has 7 nitrogen and oxygen atoms in total. The molecule has 3 N–H and O–H groups in total. The zero-order chi connectivity index (χ0) is 14.5. The zero-order valence-electron chi connectivity index (χ0n) is 10.9. The molecule has 0 atom stereocenters. The number of thioether (sulfide) groups is 1. The van der Waals surface area contributed by atoms with Crippen LogP contribution >= 0.6 is 11.8 Å². The second kappa shape index (κ2) is 6.58. The van der Waals surface area contributed by atoms with E-state index in [9.17, 15) is 14.9 Å².